The van der Waals surface area contributed by atoms with Crippen LogP contribution >= 0.6 is 0 Å². The van der Waals surface area contributed by atoms with E-state index in [1.807, 2.05) is 32.0 Å². The van der Waals surface area contributed by atoms with Gasteiger partial charge in [-0.3, -0.25) is 14.9 Å². The van der Waals surface area contributed by atoms with Gasteiger partial charge < -0.3 is 10.2 Å². The first kappa shape index (κ1) is 18.9. The highest BCUT2D eigenvalue weighted by Crippen LogP contribution is 2.32. The Kier molecular flexibility index (Phi) is 5.44. The Balaban J connectivity index is 1.86. The number of nitro groups is 1. The number of carbonyl (C=O) groups excluding carboxylic acids is 1. The van der Waals surface area contributed by atoms with Crippen molar-refractivity contribution in [2.24, 2.45) is 5.92 Å². The number of carbonyl (C=O) groups is 1. The molecule has 2 aromatic carbocycles. The van der Waals surface area contributed by atoms with Crippen LogP contribution in [-0.2, 0) is 0 Å². The lowest BCUT2D eigenvalue weighted by Crippen LogP contribution is -2.34. The van der Waals surface area contributed by atoms with Gasteiger partial charge >= 0.3 is 0 Å². The summed E-state index contributed by atoms with van der Waals surface area (Å²) in [6, 6.07) is 10.5. The molecule has 3 rings (SSSR count). The van der Waals surface area contributed by atoms with E-state index in [1.165, 1.54) is 6.07 Å². The SMILES string of the molecule is Cc1ccc(NC(=O)c2ccc(N3CCC[C@H](C)C3)c([N+](=O)[O-])c2)c(C)c1. The number of hydrogen-bond donors (Lipinski definition) is 1. The Labute approximate surface area is 159 Å². The normalized spacial score (nSPS) is 16.9. The van der Waals surface area contributed by atoms with E-state index in [0.29, 0.717) is 17.3 Å². The molecule has 1 aliphatic heterocycles. The number of anilines is 2. The number of nitro benzene ring substituents is 1. The molecule has 1 aliphatic rings. The molecule has 1 N–H and O–H groups in total. The zero-order chi connectivity index (χ0) is 19.6. The van der Waals surface area contributed by atoms with E-state index < -0.39 is 4.92 Å². The highest BCUT2D eigenvalue weighted by atomic mass is 16.6. The second-order valence-corrected chi connectivity index (χ2v) is 7.43. The summed E-state index contributed by atoms with van der Waals surface area (Å²) < 4.78 is 0. The van der Waals surface area contributed by atoms with Crippen molar-refractivity contribution >= 4 is 23.0 Å². The molecule has 0 bridgehead atoms. The van der Waals surface area contributed by atoms with Crippen molar-refractivity contribution in [3.05, 3.63) is 63.2 Å². The Bertz CT molecular complexity index is 879. The van der Waals surface area contributed by atoms with Crippen LogP contribution in [0, 0.1) is 29.9 Å². The fourth-order valence-electron chi connectivity index (χ4n) is 3.63. The first-order valence-electron chi connectivity index (χ1n) is 9.27. The molecule has 1 saturated heterocycles. The lowest BCUT2D eigenvalue weighted by molar-refractivity contribution is -0.384. The summed E-state index contributed by atoms with van der Waals surface area (Å²) in [5.74, 6) is 0.162. The lowest BCUT2D eigenvalue weighted by Gasteiger charge is -2.32. The van der Waals surface area contributed by atoms with Crippen LogP contribution in [0.5, 0.6) is 0 Å². The highest BCUT2D eigenvalue weighted by Gasteiger charge is 2.25. The minimum Gasteiger partial charge on any atom is -0.366 e. The Morgan fingerprint density at radius 2 is 2.00 bits per heavy atom. The third kappa shape index (κ3) is 4.27. The topological polar surface area (TPSA) is 75.5 Å². The van der Waals surface area contributed by atoms with Gasteiger partial charge in [0.2, 0.25) is 0 Å². The van der Waals surface area contributed by atoms with Crippen LogP contribution < -0.4 is 10.2 Å². The van der Waals surface area contributed by atoms with E-state index in [-0.39, 0.29) is 17.2 Å². The lowest BCUT2D eigenvalue weighted by atomic mass is 9.99. The average Bonchev–Trinajstić information content (AvgIpc) is 2.63. The van der Waals surface area contributed by atoms with Gasteiger partial charge in [-0.1, -0.05) is 24.6 Å². The van der Waals surface area contributed by atoms with Crippen molar-refractivity contribution in [3.8, 4) is 0 Å². The fraction of sp³-hybridized carbons (Fsp3) is 0.381. The first-order chi connectivity index (χ1) is 12.8. The fourth-order valence-corrected chi connectivity index (χ4v) is 3.63. The summed E-state index contributed by atoms with van der Waals surface area (Å²) in [5, 5.41) is 14.5. The van der Waals surface area contributed by atoms with Crippen molar-refractivity contribution in [3.63, 3.8) is 0 Å². The molecule has 6 nitrogen and oxygen atoms in total. The maximum absolute atomic E-state index is 12.6. The number of amides is 1. The van der Waals surface area contributed by atoms with Gasteiger partial charge in [-0.25, -0.2) is 0 Å². The van der Waals surface area contributed by atoms with Crippen molar-refractivity contribution in [1.29, 1.82) is 0 Å². The van der Waals surface area contributed by atoms with Gasteiger partial charge in [-0.2, -0.15) is 0 Å². The van der Waals surface area contributed by atoms with Gasteiger partial charge in [-0.15, -0.1) is 0 Å². The summed E-state index contributed by atoms with van der Waals surface area (Å²) in [4.78, 5) is 25.9. The molecular weight excluding hydrogens is 342 g/mol. The molecular formula is C21H25N3O3. The number of piperidine rings is 1. The molecule has 0 unspecified atom stereocenters. The molecule has 1 amide bonds. The Hall–Kier alpha value is -2.89. The van der Waals surface area contributed by atoms with Gasteiger partial charge in [-0.05, 0) is 56.4 Å². The van der Waals surface area contributed by atoms with Gasteiger partial charge in [0.1, 0.15) is 5.69 Å². The van der Waals surface area contributed by atoms with Crippen LogP contribution in [0.3, 0.4) is 0 Å². The largest absolute Gasteiger partial charge is 0.366 e. The van der Waals surface area contributed by atoms with Crippen LogP contribution in [0.15, 0.2) is 36.4 Å². The van der Waals surface area contributed by atoms with Crippen molar-refractivity contribution in [1.82, 2.24) is 0 Å². The maximum Gasteiger partial charge on any atom is 0.293 e. The molecule has 0 aliphatic carbocycles. The van der Waals surface area contributed by atoms with Crippen LogP contribution in [0.4, 0.5) is 17.1 Å². The number of hydrogen-bond acceptors (Lipinski definition) is 4. The Morgan fingerprint density at radius 3 is 2.67 bits per heavy atom. The maximum atomic E-state index is 12.6. The number of nitrogens with zero attached hydrogens (tertiary/aromatic N) is 2. The third-order valence-corrected chi connectivity index (χ3v) is 5.06. The number of nitrogens with one attached hydrogen (secondary N) is 1. The third-order valence-electron chi connectivity index (χ3n) is 5.06. The predicted molar refractivity (Wildman–Crippen MR) is 108 cm³/mol. The van der Waals surface area contributed by atoms with E-state index in [0.717, 1.165) is 37.1 Å². The zero-order valence-corrected chi connectivity index (χ0v) is 16.0. The van der Waals surface area contributed by atoms with Crippen LogP contribution in [-0.4, -0.2) is 23.9 Å². The second-order valence-electron chi connectivity index (χ2n) is 7.43. The van der Waals surface area contributed by atoms with Gasteiger partial charge in [0, 0.05) is 30.4 Å². The molecule has 0 aromatic heterocycles. The van der Waals surface area contributed by atoms with Crippen molar-refractivity contribution in [2.75, 3.05) is 23.3 Å². The summed E-state index contributed by atoms with van der Waals surface area (Å²) in [6.45, 7) is 7.67. The molecule has 1 fully saturated rings. The van der Waals surface area contributed by atoms with E-state index in [9.17, 15) is 14.9 Å². The molecule has 2 aromatic rings. The number of aryl methyl sites for hydroxylation is 2. The summed E-state index contributed by atoms with van der Waals surface area (Å²) in [6.07, 6.45) is 2.16. The molecule has 6 heteroatoms. The molecule has 0 spiro atoms. The van der Waals surface area contributed by atoms with Crippen LogP contribution in [0.1, 0.15) is 41.3 Å². The zero-order valence-electron chi connectivity index (χ0n) is 16.0. The van der Waals surface area contributed by atoms with Gasteiger partial charge in [0.15, 0.2) is 0 Å². The van der Waals surface area contributed by atoms with E-state index in [1.54, 1.807) is 12.1 Å². The van der Waals surface area contributed by atoms with Crippen molar-refractivity contribution < 1.29 is 9.72 Å². The highest BCUT2D eigenvalue weighted by molar-refractivity contribution is 6.05. The minimum atomic E-state index is -0.400. The summed E-state index contributed by atoms with van der Waals surface area (Å²) >= 11 is 0. The van der Waals surface area contributed by atoms with Crippen LogP contribution in [0.2, 0.25) is 0 Å². The summed E-state index contributed by atoms with van der Waals surface area (Å²) in [7, 11) is 0. The van der Waals surface area contributed by atoms with E-state index >= 15 is 0 Å². The molecule has 1 atom stereocenters. The monoisotopic (exact) mass is 367 g/mol. The molecule has 0 radical (unpaired) electrons. The molecule has 0 saturated carbocycles. The van der Waals surface area contributed by atoms with Gasteiger partial charge in [0.25, 0.3) is 11.6 Å². The minimum absolute atomic E-state index is 0.0163. The molecule has 1 heterocycles. The Morgan fingerprint density at radius 1 is 1.22 bits per heavy atom. The molecule has 142 valence electrons. The average molecular weight is 367 g/mol. The number of rotatable bonds is 4. The van der Waals surface area contributed by atoms with E-state index in [2.05, 4.69) is 17.1 Å². The molecule has 27 heavy (non-hydrogen) atoms. The van der Waals surface area contributed by atoms with Gasteiger partial charge in [0.05, 0.1) is 4.92 Å². The van der Waals surface area contributed by atoms with Crippen LogP contribution in [0.25, 0.3) is 0 Å². The van der Waals surface area contributed by atoms with Crippen molar-refractivity contribution in [2.45, 2.75) is 33.6 Å². The number of benzene rings is 2. The smallest absolute Gasteiger partial charge is 0.293 e. The first-order valence-corrected chi connectivity index (χ1v) is 9.27. The second kappa shape index (κ2) is 7.78. The standard InChI is InChI=1S/C21H25N3O3/c1-14-6-8-18(16(3)11-14)22-21(25)17-7-9-19(20(12-17)24(26)27)23-10-4-5-15(2)13-23/h6-9,11-12,15H,4-5,10,13H2,1-3H3,(H,22,25)/t15-/m0/s1. The summed E-state index contributed by atoms with van der Waals surface area (Å²) in [5.41, 5.74) is 3.64. The quantitative estimate of drug-likeness (QED) is 0.628. The van der Waals surface area contributed by atoms with E-state index in [4.69, 9.17) is 0 Å². The predicted octanol–water partition coefficient (Wildman–Crippen LogP) is 4.70.